The number of methoxy groups -OCH3 is 1. The van der Waals surface area contributed by atoms with Gasteiger partial charge in [-0.3, -0.25) is 4.79 Å². The van der Waals surface area contributed by atoms with Gasteiger partial charge in [0.2, 0.25) is 0 Å². The van der Waals surface area contributed by atoms with Crippen molar-refractivity contribution in [2.45, 2.75) is 50.9 Å². The topological polar surface area (TPSA) is 26.3 Å². The number of ether oxygens (including phenoxy) is 1. The third-order valence-corrected chi connectivity index (χ3v) is 6.24. The summed E-state index contributed by atoms with van der Waals surface area (Å²) in [7, 11) is 1.74. The lowest BCUT2D eigenvalue weighted by atomic mass is 9.56. The van der Waals surface area contributed by atoms with E-state index in [2.05, 4.69) is 18.2 Å². The number of carbonyl (C=O) groups excluding carboxylic acids is 1. The summed E-state index contributed by atoms with van der Waals surface area (Å²) in [4.78, 5) is 12.2. The number of hydrogen-bond donors (Lipinski definition) is 0. The van der Waals surface area contributed by atoms with Crippen LogP contribution in [-0.4, -0.2) is 12.9 Å². The molecule has 0 amide bonds. The Morgan fingerprint density at radius 3 is 2.67 bits per heavy atom. The first-order valence-corrected chi connectivity index (χ1v) is 8.47. The van der Waals surface area contributed by atoms with Gasteiger partial charge in [-0.2, -0.15) is 0 Å². The molecule has 0 saturated heterocycles. The Labute approximate surface area is 126 Å². The van der Waals surface area contributed by atoms with Gasteiger partial charge in [-0.25, -0.2) is 0 Å². The minimum absolute atomic E-state index is 0.389. The summed E-state index contributed by atoms with van der Waals surface area (Å²) < 4.78 is 5.37. The van der Waals surface area contributed by atoms with Crippen LogP contribution in [0, 0.1) is 17.8 Å². The molecule has 2 fully saturated rings. The second kappa shape index (κ2) is 5.15. The van der Waals surface area contributed by atoms with Crippen LogP contribution >= 0.6 is 0 Å². The average Bonchev–Trinajstić information content (AvgIpc) is 2.54. The number of carbonyl (C=O) groups is 1. The lowest BCUT2D eigenvalue weighted by Crippen LogP contribution is -2.41. The number of ketones is 1. The van der Waals surface area contributed by atoms with Crippen molar-refractivity contribution < 1.29 is 9.53 Å². The van der Waals surface area contributed by atoms with Crippen molar-refractivity contribution in [3.8, 4) is 5.75 Å². The van der Waals surface area contributed by atoms with E-state index in [9.17, 15) is 4.79 Å². The Morgan fingerprint density at radius 1 is 1.00 bits per heavy atom. The molecule has 0 spiro atoms. The summed E-state index contributed by atoms with van der Waals surface area (Å²) in [5.74, 6) is 4.03. The van der Waals surface area contributed by atoms with E-state index >= 15 is 0 Å². The third-order valence-electron chi connectivity index (χ3n) is 6.24. The first-order chi connectivity index (χ1) is 10.3. The highest BCUT2D eigenvalue weighted by atomic mass is 16.5. The zero-order chi connectivity index (χ0) is 14.4. The van der Waals surface area contributed by atoms with Crippen LogP contribution in [0.15, 0.2) is 18.2 Å². The molecule has 112 valence electrons. The Hall–Kier alpha value is -1.31. The number of benzene rings is 1. The lowest BCUT2D eigenvalue weighted by Gasteiger charge is -2.47. The molecule has 0 N–H and O–H groups in total. The third kappa shape index (κ3) is 2.11. The lowest BCUT2D eigenvalue weighted by molar-refractivity contribution is -0.130. The van der Waals surface area contributed by atoms with Crippen molar-refractivity contribution >= 4 is 5.78 Å². The molecule has 2 heteroatoms. The van der Waals surface area contributed by atoms with Crippen LogP contribution in [0.25, 0.3) is 0 Å². The second-order valence-corrected chi connectivity index (χ2v) is 7.08. The van der Waals surface area contributed by atoms with Gasteiger partial charge in [0.1, 0.15) is 11.5 Å². The molecule has 0 bridgehead atoms. The molecule has 3 aliphatic carbocycles. The van der Waals surface area contributed by atoms with E-state index in [4.69, 9.17) is 4.74 Å². The van der Waals surface area contributed by atoms with Gasteiger partial charge >= 0.3 is 0 Å². The molecule has 2 nitrogen and oxygen atoms in total. The number of aryl methyl sites for hydroxylation is 1. The number of rotatable bonds is 1. The fourth-order valence-electron chi connectivity index (χ4n) is 5.31. The predicted octanol–water partition coefficient (Wildman–Crippen LogP) is 4.12. The summed E-state index contributed by atoms with van der Waals surface area (Å²) in [6.07, 6.45) is 7.99. The zero-order valence-corrected chi connectivity index (χ0v) is 12.8. The molecule has 0 aromatic heterocycles. The molecule has 0 aliphatic heterocycles. The van der Waals surface area contributed by atoms with E-state index in [1.54, 1.807) is 12.7 Å². The largest absolute Gasteiger partial charge is 0.497 e. The van der Waals surface area contributed by atoms with Gasteiger partial charge in [0.25, 0.3) is 0 Å². The van der Waals surface area contributed by atoms with Crippen LogP contribution < -0.4 is 4.74 Å². The van der Waals surface area contributed by atoms with E-state index in [0.29, 0.717) is 23.5 Å². The summed E-state index contributed by atoms with van der Waals surface area (Å²) in [6.45, 7) is 0. The maximum Gasteiger partial charge on any atom is 0.136 e. The fraction of sp³-hybridized carbons (Fsp3) is 0.632. The van der Waals surface area contributed by atoms with Gasteiger partial charge in [0, 0.05) is 12.3 Å². The van der Waals surface area contributed by atoms with Gasteiger partial charge in [-0.15, -0.1) is 0 Å². The molecule has 1 aromatic carbocycles. The fourth-order valence-corrected chi connectivity index (χ4v) is 5.31. The van der Waals surface area contributed by atoms with E-state index in [1.165, 1.54) is 24.8 Å². The first-order valence-electron chi connectivity index (χ1n) is 8.47. The van der Waals surface area contributed by atoms with Gasteiger partial charge in [-0.05, 0) is 79.5 Å². The van der Waals surface area contributed by atoms with Gasteiger partial charge in [0.05, 0.1) is 7.11 Å². The van der Waals surface area contributed by atoms with Gasteiger partial charge in [-0.1, -0.05) is 6.07 Å². The molecule has 0 radical (unpaired) electrons. The monoisotopic (exact) mass is 284 g/mol. The smallest absolute Gasteiger partial charge is 0.136 e. The normalized spacial score (nSPS) is 34.6. The molecule has 21 heavy (non-hydrogen) atoms. The van der Waals surface area contributed by atoms with E-state index in [-0.39, 0.29) is 0 Å². The number of hydrogen-bond acceptors (Lipinski definition) is 2. The molecule has 0 heterocycles. The van der Waals surface area contributed by atoms with Crippen molar-refractivity contribution in [3.63, 3.8) is 0 Å². The van der Waals surface area contributed by atoms with Crippen molar-refractivity contribution in [1.29, 1.82) is 0 Å². The highest BCUT2D eigenvalue weighted by Crippen LogP contribution is 2.53. The van der Waals surface area contributed by atoms with E-state index < -0.39 is 0 Å². The zero-order valence-electron chi connectivity index (χ0n) is 12.8. The highest BCUT2D eigenvalue weighted by molar-refractivity contribution is 5.82. The molecule has 1 aromatic rings. The van der Waals surface area contributed by atoms with Crippen molar-refractivity contribution in [3.05, 3.63) is 29.3 Å². The second-order valence-electron chi connectivity index (χ2n) is 7.08. The highest BCUT2D eigenvalue weighted by Gasteiger charge is 2.45. The van der Waals surface area contributed by atoms with Crippen molar-refractivity contribution in [2.75, 3.05) is 7.11 Å². The van der Waals surface area contributed by atoms with Crippen molar-refractivity contribution in [2.24, 2.45) is 17.8 Å². The number of fused-ring (bicyclic) bond motifs is 5. The van der Waals surface area contributed by atoms with Crippen LogP contribution in [0.1, 0.15) is 55.6 Å². The van der Waals surface area contributed by atoms with Gasteiger partial charge in [0.15, 0.2) is 0 Å². The Balaban J connectivity index is 1.66. The molecule has 2 saturated carbocycles. The van der Waals surface area contributed by atoms with Gasteiger partial charge < -0.3 is 4.74 Å². The summed E-state index contributed by atoms with van der Waals surface area (Å²) in [5, 5.41) is 0. The maximum absolute atomic E-state index is 12.2. The Morgan fingerprint density at radius 2 is 1.81 bits per heavy atom. The van der Waals surface area contributed by atoms with E-state index in [0.717, 1.165) is 37.4 Å². The minimum atomic E-state index is 0.389. The molecule has 0 unspecified atom stereocenters. The minimum Gasteiger partial charge on any atom is -0.497 e. The van der Waals surface area contributed by atoms with Crippen LogP contribution in [0.3, 0.4) is 0 Å². The maximum atomic E-state index is 12.2. The van der Waals surface area contributed by atoms with Crippen LogP contribution in [0.4, 0.5) is 0 Å². The predicted molar refractivity (Wildman–Crippen MR) is 82.6 cm³/mol. The van der Waals surface area contributed by atoms with Crippen LogP contribution in [0.2, 0.25) is 0 Å². The first kappa shape index (κ1) is 13.4. The average molecular weight is 284 g/mol. The quantitative estimate of drug-likeness (QED) is 0.775. The Kier molecular flexibility index (Phi) is 3.28. The molecule has 4 atom stereocenters. The van der Waals surface area contributed by atoms with Crippen molar-refractivity contribution in [1.82, 2.24) is 0 Å². The van der Waals surface area contributed by atoms with E-state index in [1.807, 2.05) is 0 Å². The summed E-state index contributed by atoms with van der Waals surface area (Å²) in [5.41, 5.74) is 3.03. The molecular weight excluding hydrogens is 260 g/mol. The van der Waals surface area contributed by atoms with Crippen LogP contribution in [-0.2, 0) is 11.2 Å². The SMILES string of the molecule is COc1ccc2c(c1)CC[C@H]1[C@H]3CCCC(=O)[C@H]3CC[C@H]21. The number of Topliss-reactive ketones (excluding diaryl/α,β-unsaturated/α-hetero) is 1. The summed E-state index contributed by atoms with van der Waals surface area (Å²) >= 11 is 0. The molecular formula is C19H24O2. The van der Waals surface area contributed by atoms with Crippen LogP contribution in [0.5, 0.6) is 5.75 Å². The molecule has 3 aliphatic rings. The summed E-state index contributed by atoms with van der Waals surface area (Å²) in [6, 6.07) is 6.62. The standard InChI is InChI=1S/C19H24O2/c1-21-13-6-8-14-12(11-13)5-7-17-15-3-2-4-19(20)18(15)10-9-16(14)17/h6,8,11,15-18H,2-5,7,9-10H2,1H3/t15-,16-,17+,18+/m1/s1. The Bertz CT molecular complexity index is 563. The molecule has 4 rings (SSSR count).